The second kappa shape index (κ2) is 5.65. The SMILES string of the molecule is CCC1CCN(CC(N)c2ccc(C)cc2)C1. The van der Waals surface area contributed by atoms with E-state index in [1.807, 2.05) is 0 Å². The maximum absolute atomic E-state index is 6.27. The van der Waals surface area contributed by atoms with Gasteiger partial charge >= 0.3 is 0 Å². The lowest BCUT2D eigenvalue weighted by Gasteiger charge is -2.21. The number of hydrogen-bond acceptors (Lipinski definition) is 2. The van der Waals surface area contributed by atoms with E-state index in [0.717, 1.165) is 12.5 Å². The molecule has 17 heavy (non-hydrogen) atoms. The van der Waals surface area contributed by atoms with E-state index in [2.05, 4.69) is 43.0 Å². The zero-order chi connectivity index (χ0) is 12.3. The molecular formula is C15H24N2. The third-order valence-corrected chi connectivity index (χ3v) is 3.91. The third-order valence-electron chi connectivity index (χ3n) is 3.91. The van der Waals surface area contributed by atoms with Gasteiger partial charge in [-0.2, -0.15) is 0 Å². The van der Waals surface area contributed by atoms with Gasteiger partial charge < -0.3 is 10.6 Å². The summed E-state index contributed by atoms with van der Waals surface area (Å²) in [6.07, 6.45) is 2.65. The van der Waals surface area contributed by atoms with Crippen LogP contribution >= 0.6 is 0 Å². The van der Waals surface area contributed by atoms with Crippen LogP contribution < -0.4 is 5.73 Å². The zero-order valence-electron chi connectivity index (χ0n) is 11.0. The Morgan fingerprint density at radius 1 is 1.35 bits per heavy atom. The molecule has 2 heteroatoms. The van der Waals surface area contributed by atoms with E-state index in [1.54, 1.807) is 0 Å². The molecule has 2 nitrogen and oxygen atoms in total. The van der Waals surface area contributed by atoms with E-state index in [4.69, 9.17) is 5.73 Å². The molecule has 2 rings (SSSR count). The summed E-state index contributed by atoms with van der Waals surface area (Å²) in [6, 6.07) is 8.77. The molecule has 2 unspecified atom stereocenters. The van der Waals surface area contributed by atoms with Gasteiger partial charge in [-0.05, 0) is 31.4 Å². The van der Waals surface area contributed by atoms with E-state index in [-0.39, 0.29) is 6.04 Å². The fraction of sp³-hybridized carbons (Fsp3) is 0.600. The van der Waals surface area contributed by atoms with Gasteiger partial charge in [0.2, 0.25) is 0 Å². The first-order valence-corrected chi connectivity index (χ1v) is 6.73. The van der Waals surface area contributed by atoms with E-state index >= 15 is 0 Å². The molecular weight excluding hydrogens is 208 g/mol. The Bertz CT molecular complexity index is 344. The summed E-state index contributed by atoms with van der Waals surface area (Å²) in [4.78, 5) is 2.51. The average Bonchev–Trinajstić information content (AvgIpc) is 2.77. The van der Waals surface area contributed by atoms with Crippen molar-refractivity contribution in [2.75, 3.05) is 19.6 Å². The monoisotopic (exact) mass is 232 g/mol. The molecule has 0 spiro atoms. The molecule has 0 aliphatic carbocycles. The van der Waals surface area contributed by atoms with Gasteiger partial charge in [-0.3, -0.25) is 0 Å². The first-order chi connectivity index (χ1) is 8.19. The molecule has 1 saturated heterocycles. The summed E-state index contributed by atoms with van der Waals surface area (Å²) in [5.74, 6) is 0.889. The van der Waals surface area contributed by atoms with Crippen LogP contribution in [0.5, 0.6) is 0 Å². The molecule has 2 N–H and O–H groups in total. The fourth-order valence-electron chi connectivity index (χ4n) is 2.61. The largest absolute Gasteiger partial charge is 0.323 e. The Labute approximate surface area is 105 Å². The van der Waals surface area contributed by atoms with Crippen LogP contribution in [0.3, 0.4) is 0 Å². The minimum absolute atomic E-state index is 0.159. The van der Waals surface area contributed by atoms with Gasteiger partial charge in [-0.1, -0.05) is 43.2 Å². The summed E-state index contributed by atoms with van der Waals surface area (Å²) >= 11 is 0. The van der Waals surface area contributed by atoms with E-state index < -0.39 is 0 Å². The summed E-state index contributed by atoms with van der Waals surface area (Å²) < 4.78 is 0. The predicted molar refractivity (Wildman–Crippen MR) is 72.9 cm³/mol. The van der Waals surface area contributed by atoms with Crippen molar-refractivity contribution in [3.8, 4) is 0 Å². The van der Waals surface area contributed by atoms with Crippen molar-refractivity contribution in [2.24, 2.45) is 11.7 Å². The van der Waals surface area contributed by atoms with Crippen LogP contribution in [0.25, 0.3) is 0 Å². The molecule has 0 radical (unpaired) electrons. The number of rotatable bonds is 4. The lowest BCUT2D eigenvalue weighted by atomic mass is 10.1. The van der Waals surface area contributed by atoms with Crippen LogP contribution in [0.2, 0.25) is 0 Å². The fourth-order valence-corrected chi connectivity index (χ4v) is 2.61. The van der Waals surface area contributed by atoms with Gasteiger partial charge in [-0.25, -0.2) is 0 Å². The molecule has 0 aromatic heterocycles. The standard InChI is InChI=1S/C15H24N2/c1-3-13-8-9-17(10-13)11-15(16)14-6-4-12(2)5-7-14/h4-7,13,15H,3,8-11,16H2,1-2H3. The molecule has 1 aliphatic heterocycles. The molecule has 0 amide bonds. The second-order valence-corrected chi connectivity index (χ2v) is 5.34. The summed E-state index contributed by atoms with van der Waals surface area (Å²) in [6.45, 7) is 7.85. The highest BCUT2D eigenvalue weighted by Gasteiger charge is 2.22. The lowest BCUT2D eigenvalue weighted by molar-refractivity contribution is 0.302. The molecule has 94 valence electrons. The number of likely N-dealkylation sites (tertiary alicyclic amines) is 1. The van der Waals surface area contributed by atoms with Gasteiger partial charge in [-0.15, -0.1) is 0 Å². The van der Waals surface area contributed by atoms with Gasteiger partial charge in [0.1, 0.15) is 0 Å². The Morgan fingerprint density at radius 2 is 2.06 bits per heavy atom. The van der Waals surface area contributed by atoms with E-state index in [1.165, 1.54) is 37.1 Å². The molecule has 2 atom stereocenters. The Balaban J connectivity index is 1.89. The smallest absolute Gasteiger partial charge is 0.0424 e. The van der Waals surface area contributed by atoms with Gasteiger partial charge in [0.05, 0.1) is 0 Å². The number of nitrogens with two attached hydrogens (primary N) is 1. The van der Waals surface area contributed by atoms with E-state index in [0.29, 0.717) is 0 Å². The van der Waals surface area contributed by atoms with Crippen LogP contribution in [0.4, 0.5) is 0 Å². The van der Waals surface area contributed by atoms with Gasteiger partial charge in [0, 0.05) is 19.1 Å². The van der Waals surface area contributed by atoms with Gasteiger partial charge in [0.15, 0.2) is 0 Å². The van der Waals surface area contributed by atoms with Crippen molar-refractivity contribution in [3.05, 3.63) is 35.4 Å². The Hall–Kier alpha value is -0.860. The Kier molecular flexibility index (Phi) is 4.19. The van der Waals surface area contributed by atoms with Crippen LogP contribution in [-0.2, 0) is 0 Å². The molecule has 1 heterocycles. The van der Waals surface area contributed by atoms with Crippen LogP contribution in [0.1, 0.15) is 36.9 Å². The molecule has 0 saturated carbocycles. The highest BCUT2D eigenvalue weighted by molar-refractivity contribution is 5.24. The molecule has 1 fully saturated rings. The van der Waals surface area contributed by atoms with Crippen LogP contribution in [0.15, 0.2) is 24.3 Å². The summed E-state index contributed by atoms with van der Waals surface area (Å²) in [7, 11) is 0. The molecule has 1 aromatic carbocycles. The van der Waals surface area contributed by atoms with Crippen molar-refractivity contribution in [1.29, 1.82) is 0 Å². The van der Waals surface area contributed by atoms with Crippen LogP contribution in [-0.4, -0.2) is 24.5 Å². The number of benzene rings is 1. The minimum atomic E-state index is 0.159. The first-order valence-electron chi connectivity index (χ1n) is 6.73. The van der Waals surface area contributed by atoms with Crippen molar-refractivity contribution in [1.82, 2.24) is 4.90 Å². The molecule has 0 bridgehead atoms. The summed E-state index contributed by atoms with van der Waals surface area (Å²) in [5, 5.41) is 0. The van der Waals surface area contributed by atoms with Crippen LogP contribution in [0, 0.1) is 12.8 Å². The van der Waals surface area contributed by atoms with Gasteiger partial charge in [0.25, 0.3) is 0 Å². The molecule has 1 aliphatic rings. The number of aryl methyl sites for hydroxylation is 1. The van der Waals surface area contributed by atoms with E-state index in [9.17, 15) is 0 Å². The topological polar surface area (TPSA) is 29.3 Å². The van der Waals surface area contributed by atoms with Crippen molar-refractivity contribution in [3.63, 3.8) is 0 Å². The van der Waals surface area contributed by atoms with Crippen molar-refractivity contribution >= 4 is 0 Å². The minimum Gasteiger partial charge on any atom is -0.323 e. The highest BCUT2D eigenvalue weighted by atomic mass is 15.2. The summed E-state index contributed by atoms with van der Waals surface area (Å²) in [5.41, 5.74) is 8.83. The maximum Gasteiger partial charge on any atom is 0.0424 e. The number of hydrogen-bond donors (Lipinski definition) is 1. The zero-order valence-corrected chi connectivity index (χ0v) is 11.0. The van der Waals surface area contributed by atoms with Crippen molar-refractivity contribution < 1.29 is 0 Å². The average molecular weight is 232 g/mol. The molecule has 1 aromatic rings. The Morgan fingerprint density at radius 3 is 2.65 bits per heavy atom. The maximum atomic E-state index is 6.27. The number of nitrogens with zero attached hydrogens (tertiary/aromatic N) is 1. The van der Waals surface area contributed by atoms with Crippen molar-refractivity contribution in [2.45, 2.75) is 32.7 Å². The third kappa shape index (κ3) is 3.30. The quantitative estimate of drug-likeness (QED) is 0.865. The second-order valence-electron chi connectivity index (χ2n) is 5.34. The lowest BCUT2D eigenvalue weighted by Crippen LogP contribution is -2.30. The normalized spacial score (nSPS) is 22.9. The first kappa shape index (κ1) is 12.6. The predicted octanol–water partition coefficient (Wildman–Crippen LogP) is 2.73. The highest BCUT2D eigenvalue weighted by Crippen LogP contribution is 2.21.